The molecule has 1 fully saturated rings. The lowest BCUT2D eigenvalue weighted by atomic mass is 9.96. The van der Waals surface area contributed by atoms with Gasteiger partial charge in [0.15, 0.2) is 0 Å². The van der Waals surface area contributed by atoms with Gasteiger partial charge in [-0.3, -0.25) is 24.0 Å². The number of fused-ring (bicyclic) bond motifs is 7. The third-order valence-corrected chi connectivity index (χ3v) is 8.54. The zero-order chi connectivity index (χ0) is 28.8. The van der Waals surface area contributed by atoms with E-state index in [9.17, 15) is 29.1 Å². The first kappa shape index (κ1) is 32.9. The fraction of sp³-hybridized carbons (Fsp3) is 0.720. The lowest BCUT2D eigenvalue weighted by molar-refractivity contribution is -0.151. The van der Waals surface area contributed by atoms with Gasteiger partial charge in [-0.2, -0.15) is 0 Å². The van der Waals surface area contributed by atoms with Crippen LogP contribution in [0.5, 0.6) is 0 Å². The number of aliphatic hydroxyl groups excluding tert-OH is 1. The molecule has 2 heterocycles. The average Bonchev–Trinajstić information content (AvgIpc) is 2.87. The Morgan fingerprint density at radius 2 is 1.92 bits per heavy atom. The maximum Gasteiger partial charge on any atom is 0.309 e. The van der Waals surface area contributed by atoms with Gasteiger partial charge in [-0.15, -0.1) is 0 Å². The standard InChI is InChI=1S/C25H40N4O8S2/c1-15(2)23-19(30)13-22(33)37-16-6-4-5-11-38-39-14-18(25(35)29-23)28-24(34)17(27-21(32)12-16)7-8-20(31)26-9-10-36-3/h4,6,15-19,23,30H,5,7-14H2,1-3H3,(H,26,31)(H,27,32)(H,28,34)(H,29,35)/b6-4+/t16-,17-,18-,19+,23-/m1/s1. The first-order chi connectivity index (χ1) is 18.6. The van der Waals surface area contributed by atoms with Crippen molar-refractivity contribution in [1.29, 1.82) is 0 Å². The van der Waals surface area contributed by atoms with Crippen LogP contribution in [-0.2, 0) is 33.4 Å². The van der Waals surface area contributed by atoms with Crippen LogP contribution < -0.4 is 21.3 Å². The maximum absolute atomic E-state index is 13.3. The molecular weight excluding hydrogens is 548 g/mol. The smallest absolute Gasteiger partial charge is 0.309 e. The largest absolute Gasteiger partial charge is 0.457 e. The van der Waals surface area contributed by atoms with Crippen LogP contribution in [-0.4, -0.2) is 96.8 Å². The predicted molar refractivity (Wildman–Crippen MR) is 149 cm³/mol. The minimum absolute atomic E-state index is 0.0136. The Bertz CT molecular complexity index is 888. The minimum Gasteiger partial charge on any atom is -0.457 e. The molecule has 0 aromatic rings. The highest BCUT2D eigenvalue weighted by molar-refractivity contribution is 8.76. The lowest BCUT2D eigenvalue weighted by Gasteiger charge is -2.29. The van der Waals surface area contributed by atoms with Crippen LogP contribution in [0.15, 0.2) is 12.2 Å². The van der Waals surface area contributed by atoms with Crippen LogP contribution in [0.2, 0.25) is 0 Å². The van der Waals surface area contributed by atoms with E-state index in [1.165, 1.54) is 28.7 Å². The topological polar surface area (TPSA) is 172 Å². The highest BCUT2D eigenvalue weighted by Gasteiger charge is 2.33. The van der Waals surface area contributed by atoms with Gasteiger partial charge in [-0.1, -0.05) is 41.5 Å². The van der Waals surface area contributed by atoms with Gasteiger partial charge < -0.3 is 35.8 Å². The average molecular weight is 589 g/mol. The molecule has 39 heavy (non-hydrogen) atoms. The molecule has 0 spiro atoms. The number of esters is 1. The molecule has 14 heteroatoms. The molecule has 4 amide bonds. The summed E-state index contributed by atoms with van der Waals surface area (Å²) in [5, 5.41) is 21.6. The number of hydrogen-bond acceptors (Lipinski definition) is 10. The predicted octanol–water partition coefficient (Wildman–Crippen LogP) is 0.0474. The monoisotopic (exact) mass is 588 g/mol. The van der Waals surface area contributed by atoms with Crippen molar-refractivity contribution in [2.75, 3.05) is 31.8 Å². The van der Waals surface area contributed by atoms with E-state index in [-0.39, 0.29) is 43.3 Å². The number of rotatable bonds is 7. The van der Waals surface area contributed by atoms with Crippen LogP contribution in [0.25, 0.3) is 0 Å². The molecule has 5 atom stereocenters. The van der Waals surface area contributed by atoms with Crippen molar-refractivity contribution in [3.63, 3.8) is 0 Å². The summed E-state index contributed by atoms with van der Waals surface area (Å²) in [6.07, 6.45) is 1.23. The van der Waals surface area contributed by atoms with Crippen molar-refractivity contribution in [3.05, 3.63) is 12.2 Å². The van der Waals surface area contributed by atoms with Crippen LogP contribution in [0.1, 0.15) is 46.0 Å². The molecule has 220 valence electrons. The SMILES string of the molecule is COCCNC(=O)CC[C@H]1NC(=O)C[C@H]2/C=C/CCSSC[C@@H](NC1=O)C(=O)N[C@H](C(C)C)[C@@H](O)CC(=O)O2. The normalized spacial score (nSPS) is 28.6. The molecule has 2 aliphatic rings. The summed E-state index contributed by atoms with van der Waals surface area (Å²) in [5.41, 5.74) is 0. The quantitative estimate of drug-likeness (QED) is 0.118. The molecule has 2 bridgehead atoms. The second-order valence-corrected chi connectivity index (χ2v) is 12.3. The number of hydrogen-bond donors (Lipinski definition) is 5. The number of methoxy groups -OCH3 is 1. The van der Waals surface area contributed by atoms with Crippen LogP contribution in [0.4, 0.5) is 0 Å². The zero-order valence-electron chi connectivity index (χ0n) is 22.6. The van der Waals surface area contributed by atoms with E-state index in [4.69, 9.17) is 9.47 Å². The van der Waals surface area contributed by atoms with Gasteiger partial charge in [0, 0.05) is 31.6 Å². The van der Waals surface area contributed by atoms with E-state index >= 15 is 0 Å². The molecule has 12 nitrogen and oxygen atoms in total. The summed E-state index contributed by atoms with van der Waals surface area (Å²) in [5.74, 6) is -2.04. The molecule has 2 aliphatic heterocycles. The van der Waals surface area contributed by atoms with E-state index < -0.39 is 54.0 Å². The molecule has 1 saturated heterocycles. The number of aliphatic hydroxyl groups is 1. The van der Waals surface area contributed by atoms with Crippen molar-refractivity contribution in [1.82, 2.24) is 21.3 Å². The van der Waals surface area contributed by atoms with Gasteiger partial charge in [0.2, 0.25) is 23.6 Å². The summed E-state index contributed by atoms with van der Waals surface area (Å²) < 4.78 is 10.4. The summed E-state index contributed by atoms with van der Waals surface area (Å²) in [6, 6.07) is -2.87. The Morgan fingerprint density at radius 3 is 2.64 bits per heavy atom. The Labute approximate surface area is 236 Å². The molecule has 0 aliphatic carbocycles. The highest BCUT2D eigenvalue weighted by atomic mass is 33.1. The van der Waals surface area contributed by atoms with Gasteiger partial charge in [0.05, 0.1) is 31.6 Å². The zero-order valence-corrected chi connectivity index (χ0v) is 24.2. The Morgan fingerprint density at radius 1 is 1.15 bits per heavy atom. The van der Waals surface area contributed by atoms with Crippen molar-refractivity contribution >= 4 is 51.2 Å². The van der Waals surface area contributed by atoms with Gasteiger partial charge in [0.1, 0.15) is 18.2 Å². The molecule has 0 aromatic heterocycles. The second-order valence-electron chi connectivity index (χ2n) is 9.67. The summed E-state index contributed by atoms with van der Waals surface area (Å²) in [6.45, 7) is 4.23. The molecule has 0 radical (unpaired) electrons. The number of ether oxygens (including phenoxy) is 2. The third kappa shape index (κ3) is 12.2. The molecule has 2 rings (SSSR count). The minimum atomic E-state index is -1.24. The number of nitrogens with one attached hydrogen (secondary N) is 4. The third-order valence-electron chi connectivity index (χ3n) is 6.10. The fourth-order valence-corrected chi connectivity index (χ4v) is 6.15. The summed E-state index contributed by atoms with van der Waals surface area (Å²) in [4.78, 5) is 64.5. The Kier molecular flexibility index (Phi) is 14.7. The van der Waals surface area contributed by atoms with Crippen LogP contribution in [0.3, 0.4) is 0 Å². The number of carbonyl (C=O) groups excluding carboxylic acids is 5. The Hall–Kier alpha value is -2.29. The van der Waals surface area contributed by atoms with E-state index in [1.54, 1.807) is 19.9 Å². The molecule has 0 unspecified atom stereocenters. The van der Waals surface area contributed by atoms with E-state index in [0.717, 1.165) is 0 Å². The summed E-state index contributed by atoms with van der Waals surface area (Å²) >= 11 is 0. The summed E-state index contributed by atoms with van der Waals surface area (Å²) in [7, 11) is 4.45. The molecule has 0 saturated carbocycles. The van der Waals surface area contributed by atoms with Crippen molar-refractivity contribution < 1.29 is 38.6 Å². The van der Waals surface area contributed by atoms with Crippen molar-refractivity contribution in [2.24, 2.45) is 5.92 Å². The maximum atomic E-state index is 13.3. The van der Waals surface area contributed by atoms with Crippen LogP contribution in [0, 0.1) is 5.92 Å². The van der Waals surface area contributed by atoms with E-state index in [0.29, 0.717) is 25.3 Å². The van der Waals surface area contributed by atoms with Crippen LogP contribution >= 0.6 is 21.6 Å². The molecule has 5 N–H and O–H groups in total. The second kappa shape index (κ2) is 17.4. The first-order valence-electron chi connectivity index (χ1n) is 13.0. The molecular formula is C25H40N4O8S2. The first-order valence-corrected chi connectivity index (χ1v) is 15.5. The van der Waals surface area contributed by atoms with Crippen molar-refractivity contribution in [3.8, 4) is 0 Å². The Balaban J connectivity index is 2.38. The van der Waals surface area contributed by atoms with Gasteiger partial charge in [-0.05, 0) is 24.8 Å². The van der Waals surface area contributed by atoms with E-state index in [2.05, 4.69) is 21.3 Å². The van der Waals surface area contributed by atoms with Gasteiger partial charge >= 0.3 is 5.97 Å². The highest BCUT2D eigenvalue weighted by Crippen LogP contribution is 2.24. The van der Waals surface area contributed by atoms with Crippen molar-refractivity contribution in [2.45, 2.75) is 76.3 Å². The fourth-order valence-electron chi connectivity index (χ4n) is 3.99. The number of amides is 4. The number of carbonyl (C=O) groups is 5. The van der Waals surface area contributed by atoms with Gasteiger partial charge in [0.25, 0.3) is 0 Å². The van der Waals surface area contributed by atoms with E-state index in [1.807, 2.05) is 6.08 Å². The molecule has 0 aromatic carbocycles. The lowest BCUT2D eigenvalue weighted by Crippen LogP contribution is -2.58. The number of allylic oxidation sites excluding steroid dienone is 1. The van der Waals surface area contributed by atoms with Gasteiger partial charge in [-0.25, -0.2) is 0 Å².